The van der Waals surface area contributed by atoms with Gasteiger partial charge in [-0.15, -0.1) is 0 Å². The van der Waals surface area contributed by atoms with Gasteiger partial charge < -0.3 is 10.1 Å². The third-order valence-electron chi connectivity index (χ3n) is 2.75. The predicted octanol–water partition coefficient (Wildman–Crippen LogP) is 5.82. The van der Waals surface area contributed by atoms with E-state index in [1.807, 2.05) is 0 Å². The van der Waals surface area contributed by atoms with Crippen LogP contribution in [0.3, 0.4) is 0 Å². The molecule has 0 aliphatic heterocycles. The molecule has 2 aromatic carbocycles. The number of carbonyl (C=O) groups is 1. The van der Waals surface area contributed by atoms with Gasteiger partial charge in [-0.2, -0.15) is 0 Å². The molecule has 0 aromatic heterocycles. The number of rotatable bonds is 4. The molecule has 0 aliphatic rings. The third kappa shape index (κ3) is 4.53. The first-order valence-electron chi connectivity index (χ1n) is 6.24. The molecule has 0 fully saturated rings. The van der Waals surface area contributed by atoms with Crippen LogP contribution in [0.25, 0.3) is 0 Å². The highest BCUT2D eigenvalue weighted by Crippen LogP contribution is 2.29. The Morgan fingerprint density at radius 2 is 1.77 bits per heavy atom. The van der Waals surface area contributed by atoms with Crippen LogP contribution in [0.2, 0.25) is 15.1 Å². The molecule has 0 aliphatic carbocycles. The molecule has 1 N–H and O–H groups in total. The topological polar surface area (TPSA) is 38.3 Å². The van der Waals surface area contributed by atoms with Gasteiger partial charge in [0.25, 0.3) is 5.91 Å². The first kappa shape index (κ1) is 17.4. The van der Waals surface area contributed by atoms with Crippen LogP contribution in [0.15, 0.2) is 40.9 Å². The zero-order valence-corrected chi connectivity index (χ0v) is 15.2. The Kier molecular flexibility index (Phi) is 5.98. The van der Waals surface area contributed by atoms with Gasteiger partial charge in [0, 0.05) is 10.0 Å². The Morgan fingerprint density at radius 3 is 2.45 bits per heavy atom. The Labute approximate surface area is 151 Å². The van der Waals surface area contributed by atoms with Crippen molar-refractivity contribution in [3.05, 3.63) is 55.9 Å². The second kappa shape index (κ2) is 7.55. The molecule has 0 bridgehead atoms. The van der Waals surface area contributed by atoms with E-state index in [-0.39, 0.29) is 5.91 Å². The van der Waals surface area contributed by atoms with Gasteiger partial charge in [-0.05, 0) is 59.3 Å². The van der Waals surface area contributed by atoms with E-state index in [2.05, 4.69) is 21.2 Å². The van der Waals surface area contributed by atoms with Gasteiger partial charge in [-0.3, -0.25) is 4.79 Å². The zero-order valence-electron chi connectivity index (χ0n) is 11.4. The number of amides is 1. The van der Waals surface area contributed by atoms with Crippen molar-refractivity contribution in [2.45, 2.75) is 13.0 Å². The number of ether oxygens (including phenoxy) is 1. The molecule has 0 radical (unpaired) electrons. The lowest BCUT2D eigenvalue weighted by atomic mass is 10.3. The van der Waals surface area contributed by atoms with E-state index in [0.29, 0.717) is 31.0 Å². The van der Waals surface area contributed by atoms with Gasteiger partial charge in [0.15, 0.2) is 6.10 Å². The first-order chi connectivity index (χ1) is 10.4. The van der Waals surface area contributed by atoms with Crippen LogP contribution < -0.4 is 10.1 Å². The molecule has 0 saturated heterocycles. The number of hydrogen-bond donors (Lipinski definition) is 1. The maximum absolute atomic E-state index is 12.2. The molecule has 2 rings (SSSR count). The summed E-state index contributed by atoms with van der Waals surface area (Å²) in [4.78, 5) is 12.2. The standard InChI is InChI=1S/C15H11BrCl3NO2/c1-8(22-14-5-3-9(17)6-11(14)16)15(21)20-13-7-10(18)2-4-12(13)19/h2-8H,1H3,(H,20,21). The minimum atomic E-state index is -0.729. The molecule has 0 saturated carbocycles. The summed E-state index contributed by atoms with van der Waals surface area (Å²) in [5, 5.41) is 4.13. The van der Waals surface area contributed by atoms with Gasteiger partial charge in [0.2, 0.25) is 0 Å². The lowest BCUT2D eigenvalue weighted by Crippen LogP contribution is -2.30. The lowest BCUT2D eigenvalue weighted by Gasteiger charge is -2.16. The molecule has 1 amide bonds. The summed E-state index contributed by atoms with van der Waals surface area (Å²) < 4.78 is 6.28. The van der Waals surface area contributed by atoms with E-state index in [9.17, 15) is 4.79 Å². The molecule has 0 heterocycles. The van der Waals surface area contributed by atoms with Gasteiger partial charge in [-0.25, -0.2) is 0 Å². The molecule has 3 nitrogen and oxygen atoms in total. The monoisotopic (exact) mass is 421 g/mol. The van der Waals surface area contributed by atoms with E-state index in [0.717, 1.165) is 0 Å². The van der Waals surface area contributed by atoms with Crippen molar-refractivity contribution in [1.82, 2.24) is 0 Å². The van der Waals surface area contributed by atoms with Gasteiger partial charge in [0.05, 0.1) is 15.2 Å². The van der Waals surface area contributed by atoms with E-state index in [1.165, 1.54) is 0 Å². The van der Waals surface area contributed by atoms with Crippen molar-refractivity contribution in [3.8, 4) is 5.75 Å². The van der Waals surface area contributed by atoms with Gasteiger partial charge in [0.1, 0.15) is 5.75 Å². The summed E-state index contributed by atoms with van der Waals surface area (Å²) in [5.74, 6) is 0.176. The van der Waals surface area contributed by atoms with E-state index < -0.39 is 6.10 Å². The third-order valence-corrected chi connectivity index (χ3v) is 4.17. The molecule has 116 valence electrons. The summed E-state index contributed by atoms with van der Waals surface area (Å²) in [6.45, 7) is 1.63. The Hall–Kier alpha value is -0.940. The molecule has 0 spiro atoms. The number of carbonyl (C=O) groups excluding carboxylic acids is 1. The molecular formula is C15H11BrCl3NO2. The number of benzene rings is 2. The SMILES string of the molecule is CC(Oc1ccc(Cl)cc1Br)C(=O)Nc1cc(Cl)ccc1Cl. The maximum Gasteiger partial charge on any atom is 0.265 e. The first-order valence-corrected chi connectivity index (χ1v) is 8.17. The summed E-state index contributed by atoms with van der Waals surface area (Å²) in [5.41, 5.74) is 0.435. The molecular weight excluding hydrogens is 412 g/mol. The van der Waals surface area contributed by atoms with E-state index >= 15 is 0 Å². The fourth-order valence-corrected chi connectivity index (χ4v) is 2.76. The van der Waals surface area contributed by atoms with Crippen LogP contribution >= 0.6 is 50.7 Å². The number of halogens is 4. The normalized spacial score (nSPS) is 11.9. The second-order valence-electron chi connectivity index (χ2n) is 4.45. The van der Waals surface area contributed by atoms with Crippen LogP contribution in [0, 0.1) is 0 Å². The summed E-state index contributed by atoms with van der Waals surface area (Å²) in [6, 6.07) is 9.88. The Bertz CT molecular complexity index is 709. The van der Waals surface area contributed by atoms with Crippen LogP contribution in [0.1, 0.15) is 6.92 Å². The molecule has 1 atom stereocenters. The van der Waals surface area contributed by atoms with Crippen molar-refractivity contribution < 1.29 is 9.53 Å². The van der Waals surface area contributed by atoms with Crippen LogP contribution in [0.4, 0.5) is 5.69 Å². The van der Waals surface area contributed by atoms with Crippen molar-refractivity contribution in [3.63, 3.8) is 0 Å². The summed E-state index contributed by atoms with van der Waals surface area (Å²) >= 11 is 21.1. The van der Waals surface area contributed by atoms with Crippen molar-refractivity contribution in [1.29, 1.82) is 0 Å². The Balaban J connectivity index is 2.07. The van der Waals surface area contributed by atoms with E-state index in [4.69, 9.17) is 39.5 Å². The van der Waals surface area contributed by atoms with E-state index in [1.54, 1.807) is 43.3 Å². The maximum atomic E-state index is 12.2. The molecule has 2 aromatic rings. The quantitative estimate of drug-likeness (QED) is 0.673. The summed E-state index contributed by atoms with van der Waals surface area (Å²) in [6.07, 6.45) is -0.729. The number of anilines is 1. The number of nitrogens with one attached hydrogen (secondary N) is 1. The minimum Gasteiger partial charge on any atom is -0.480 e. The highest BCUT2D eigenvalue weighted by molar-refractivity contribution is 9.10. The Morgan fingerprint density at radius 1 is 1.14 bits per heavy atom. The number of hydrogen-bond acceptors (Lipinski definition) is 2. The van der Waals surface area contributed by atoms with Crippen molar-refractivity contribution in [2.75, 3.05) is 5.32 Å². The average molecular weight is 424 g/mol. The van der Waals surface area contributed by atoms with Crippen molar-refractivity contribution in [2.24, 2.45) is 0 Å². The fourth-order valence-electron chi connectivity index (χ4n) is 1.64. The second-order valence-corrected chi connectivity index (χ2v) is 6.58. The molecule has 7 heteroatoms. The lowest BCUT2D eigenvalue weighted by molar-refractivity contribution is -0.122. The molecule has 1 unspecified atom stereocenters. The fraction of sp³-hybridized carbons (Fsp3) is 0.133. The van der Waals surface area contributed by atoms with Crippen LogP contribution in [0.5, 0.6) is 5.75 Å². The van der Waals surface area contributed by atoms with Crippen molar-refractivity contribution >= 4 is 62.3 Å². The highest BCUT2D eigenvalue weighted by atomic mass is 79.9. The average Bonchev–Trinajstić information content (AvgIpc) is 2.45. The minimum absolute atomic E-state index is 0.342. The largest absolute Gasteiger partial charge is 0.480 e. The van der Waals surface area contributed by atoms with Gasteiger partial charge in [-0.1, -0.05) is 34.8 Å². The smallest absolute Gasteiger partial charge is 0.265 e. The van der Waals surface area contributed by atoms with Gasteiger partial charge >= 0.3 is 0 Å². The molecule has 22 heavy (non-hydrogen) atoms. The summed E-state index contributed by atoms with van der Waals surface area (Å²) in [7, 11) is 0. The van der Waals surface area contributed by atoms with Crippen LogP contribution in [-0.4, -0.2) is 12.0 Å². The predicted molar refractivity (Wildman–Crippen MR) is 94.3 cm³/mol. The zero-order chi connectivity index (χ0) is 16.3. The highest BCUT2D eigenvalue weighted by Gasteiger charge is 2.17. The van der Waals surface area contributed by atoms with Crippen LogP contribution in [-0.2, 0) is 4.79 Å².